The topological polar surface area (TPSA) is 46.6 Å². The van der Waals surface area contributed by atoms with Gasteiger partial charge in [0.2, 0.25) is 5.91 Å². The average Bonchev–Trinajstić information content (AvgIpc) is 3.00. The van der Waals surface area contributed by atoms with Gasteiger partial charge in [0.25, 0.3) is 0 Å². The van der Waals surface area contributed by atoms with Gasteiger partial charge in [-0.3, -0.25) is 4.79 Å². The number of nitrogens with zero attached hydrogens (tertiary/aromatic N) is 1. The second-order valence-corrected chi connectivity index (χ2v) is 5.85. The minimum atomic E-state index is -0.539. The van der Waals surface area contributed by atoms with Crippen LogP contribution in [0.2, 0.25) is 0 Å². The molecule has 3 rings (SSSR count). The first-order valence-electron chi connectivity index (χ1n) is 8.72. The second-order valence-electron chi connectivity index (χ2n) is 5.85. The molecule has 4 nitrogen and oxygen atoms in total. The van der Waals surface area contributed by atoms with E-state index in [1.165, 1.54) is 4.90 Å². The largest absolute Gasteiger partial charge is 0.447 e. The summed E-state index contributed by atoms with van der Waals surface area (Å²) in [5, 5.41) is 0. The molecule has 1 heterocycles. The van der Waals surface area contributed by atoms with Crippen LogP contribution in [-0.4, -0.2) is 29.5 Å². The first-order valence-corrected chi connectivity index (χ1v) is 8.72. The van der Waals surface area contributed by atoms with Gasteiger partial charge in [-0.1, -0.05) is 74.0 Å². The van der Waals surface area contributed by atoms with Crippen LogP contribution in [0, 0.1) is 6.92 Å². The summed E-state index contributed by atoms with van der Waals surface area (Å²) in [6.07, 6.45) is 0.287. The van der Waals surface area contributed by atoms with Crippen LogP contribution in [-0.2, 0) is 22.4 Å². The molecule has 0 aliphatic carbocycles. The Morgan fingerprint density at radius 3 is 2.32 bits per heavy atom. The lowest BCUT2D eigenvalue weighted by Gasteiger charge is -2.19. The van der Waals surface area contributed by atoms with Crippen LogP contribution in [0.25, 0.3) is 0 Å². The van der Waals surface area contributed by atoms with Gasteiger partial charge >= 0.3 is 6.09 Å². The molecule has 2 amide bonds. The highest BCUT2D eigenvalue weighted by Crippen LogP contribution is 2.19. The third kappa shape index (κ3) is 4.92. The number of cyclic esters (lactones) is 1. The minimum Gasteiger partial charge on any atom is -0.447 e. The van der Waals surface area contributed by atoms with Crippen molar-refractivity contribution in [3.63, 3.8) is 0 Å². The van der Waals surface area contributed by atoms with Crippen molar-refractivity contribution in [1.82, 2.24) is 4.90 Å². The van der Waals surface area contributed by atoms with Crippen LogP contribution >= 0.6 is 0 Å². The van der Waals surface area contributed by atoms with Crippen molar-refractivity contribution in [2.45, 2.75) is 39.7 Å². The molecule has 2 aromatic carbocycles. The molecule has 0 saturated carbocycles. The number of rotatable bonds is 4. The molecule has 1 saturated heterocycles. The predicted octanol–water partition coefficient (Wildman–Crippen LogP) is 4.15. The van der Waals surface area contributed by atoms with E-state index in [0.717, 1.165) is 16.7 Å². The molecule has 132 valence electrons. The van der Waals surface area contributed by atoms with Crippen molar-refractivity contribution in [1.29, 1.82) is 0 Å². The van der Waals surface area contributed by atoms with Crippen LogP contribution in [0.15, 0.2) is 54.6 Å². The summed E-state index contributed by atoms with van der Waals surface area (Å²) in [6.45, 7) is 6.26. The standard InChI is InChI=1S/C19H19NO3.C2H6/c1-14-7-9-16(10-8-14)12-18(21)20-17(13-23-19(20)22)11-15-5-3-2-4-6-15;1-2/h2-10,17H,11-13H2,1H3;1-2H3. The number of imide groups is 1. The molecular formula is C21H25NO3. The van der Waals surface area contributed by atoms with Crippen molar-refractivity contribution in [3.8, 4) is 0 Å². The fourth-order valence-electron chi connectivity index (χ4n) is 2.77. The molecule has 1 atom stereocenters. The van der Waals surface area contributed by atoms with Crippen molar-refractivity contribution in [3.05, 3.63) is 71.3 Å². The molecule has 1 fully saturated rings. The molecule has 0 radical (unpaired) electrons. The lowest BCUT2D eigenvalue weighted by Crippen LogP contribution is -2.41. The normalized spacial score (nSPS) is 16.0. The zero-order valence-electron chi connectivity index (χ0n) is 15.1. The highest BCUT2D eigenvalue weighted by atomic mass is 16.6. The lowest BCUT2D eigenvalue weighted by atomic mass is 10.0. The van der Waals surface area contributed by atoms with Crippen molar-refractivity contribution in [2.75, 3.05) is 6.61 Å². The number of ether oxygens (including phenoxy) is 1. The van der Waals surface area contributed by atoms with E-state index in [2.05, 4.69) is 0 Å². The van der Waals surface area contributed by atoms with Crippen LogP contribution in [0.5, 0.6) is 0 Å². The Morgan fingerprint density at radius 1 is 1.04 bits per heavy atom. The van der Waals surface area contributed by atoms with Crippen molar-refractivity contribution >= 4 is 12.0 Å². The molecule has 1 aliphatic heterocycles. The molecule has 0 bridgehead atoms. The maximum atomic E-state index is 12.5. The summed E-state index contributed by atoms with van der Waals surface area (Å²) in [6, 6.07) is 17.4. The molecule has 4 heteroatoms. The van der Waals surface area contributed by atoms with E-state index in [1.807, 2.05) is 75.4 Å². The fourth-order valence-corrected chi connectivity index (χ4v) is 2.77. The van der Waals surface area contributed by atoms with Gasteiger partial charge in [-0.25, -0.2) is 9.69 Å². The Kier molecular flexibility index (Phi) is 6.75. The maximum absolute atomic E-state index is 12.5. The number of hydrogen-bond donors (Lipinski definition) is 0. The molecule has 1 aliphatic rings. The first-order chi connectivity index (χ1) is 12.1. The summed E-state index contributed by atoms with van der Waals surface area (Å²) in [5.41, 5.74) is 3.13. The third-order valence-electron chi connectivity index (χ3n) is 4.02. The van der Waals surface area contributed by atoms with E-state index >= 15 is 0 Å². The van der Waals surface area contributed by atoms with Crippen molar-refractivity contribution in [2.24, 2.45) is 0 Å². The number of aryl methyl sites for hydroxylation is 1. The second kappa shape index (κ2) is 9.02. The number of carbonyl (C=O) groups excluding carboxylic acids is 2. The molecular weight excluding hydrogens is 314 g/mol. The molecule has 25 heavy (non-hydrogen) atoms. The number of carbonyl (C=O) groups is 2. The first kappa shape index (κ1) is 18.7. The van der Waals surface area contributed by atoms with E-state index in [0.29, 0.717) is 6.42 Å². The van der Waals surface area contributed by atoms with E-state index in [4.69, 9.17) is 4.74 Å². The fraction of sp³-hybridized carbons (Fsp3) is 0.333. The number of benzene rings is 2. The number of amides is 2. The predicted molar refractivity (Wildman–Crippen MR) is 98.4 cm³/mol. The smallest absolute Gasteiger partial charge is 0.416 e. The molecule has 2 aromatic rings. The van der Waals surface area contributed by atoms with Gasteiger partial charge in [0.15, 0.2) is 0 Å². The Bertz CT molecular complexity index is 695. The van der Waals surface area contributed by atoms with Gasteiger partial charge in [0.05, 0.1) is 12.5 Å². The summed E-state index contributed by atoms with van der Waals surface area (Å²) in [4.78, 5) is 25.8. The quantitative estimate of drug-likeness (QED) is 0.840. The molecule has 0 spiro atoms. The average molecular weight is 339 g/mol. The van der Waals surface area contributed by atoms with Crippen LogP contribution in [0.3, 0.4) is 0 Å². The van der Waals surface area contributed by atoms with Gasteiger partial charge in [0.1, 0.15) is 6.61 Å². The summed E-state index contributed by atoms with van der Waals surface area (Å²) < 4.78 is 5.09. The van der Waals surface area contributed by atoms with Crippen LogP contribution < -0.4 is 0 Å². The summed E-state index contributed by atoms with van der Waals surface area (Å²) in [5.74, 6) is -0.211. The monoisotopic (exact) mass is 339 g/mol. The van der Waals surface area contributed by atoms with E-state index in [1.54, 1.807) is 0 Å². The third-order valence-corrected chi connectivity index (χ3v) is 4.02. The Hall–Kier alpha value is -2.62. The Balaban J connectivity index is 0.00000109. The van der Waals surface area contributed by atoms with Gasteiger partial charge in [-0.05, 0) is 24.5 Å². The van der Waals surface area contributed by atoms with Gasteiger partial charge < -0.3 is 4.74 Å². The zero-order valence-corrected chi connectivity index (χ0v) is 15.1. The molecule has 1 unspecified atom stereocenters. The number of hydrogen-bond acceptors (Lipinski definition) is 3. The molecule has 0 aromatic heterocycles. The Morgan fingerprint density at radius 2 is 1.68 bits per heavy atom. The van der Waals surface area contributed by atoms with Crippen LogP contribution in [0.1, 0.15) is 30.5 Å². The van der Waals surface area contributed by atoms with Crippen molar-refractivity contribution < 1.29 is 14.3 Å². The maximum Gasteiger partial charge on any atom is 0.416 e. The molecule has 0 N–H and O–H groups in total. The van der Waals surface area contributed by atoms with E-state index < -0.39 is 6.09 Å². The lowest BCUT2D eigenvalue weighted by molar-refractivity contribution is -0.128. The summed E-state index contributed by atoms with van der Waals surface area (Å²) in [7, 11) is 0. The highest BCUT2D eigenvalue weighted by Gasteiger charge is 2.37. The zero-order chi connectivity index (χ0) is 18.2. The summed E-state index contributed by atoms with van der Waals surface area (Å²) >= 11 is 0. The highest BCUT2D eigenvalue weighted by molar-refractivity contribution is 5.94. The minimum absolute atomic E-state index is 0.209. The van der Waals surface area contributed by atoms with Gasteiger partial charge in [0, 0.05) is 0 Å². The Labute approximate surface area is 149 Å². The van der Waals surface area contributed by atoms with E-state index in [-0.39, 0.29) is 25.0 Å². The van der Waals surface area contributed by atoms with E-state index in [9.17, 15) is 9.59 Å². The SMILES string of the molecule is CC.Cc1ccc(CC(=O)N2C(=O)OCC2Cc2ccccc2)cc1. The van der Waals surface area contributed by atoms with Crippen LogP contribution in [0.4, 0.5) is 4.79 Å². The van der Waals surface area contributed by atoms with Gasteiger partial charge in [-0.15, -0.1) is 0 Å². The van der Waals surface area contributed by atoms with Gasteiger partial charge in [-0.2, -0.15) is 0 Å².